The molecule has 0 radical (unpaired) electrons. The fraction of sp³-hybridized carbons (Fsp3) is 0.750. The average Bonchev–Trinajstić information content (AvgIpc) is 1.61. The van der Waals surface area contributed by atoms with Crippen LogP contribution in [0, 0.1) is 0 Å². The van der Waals surface area contributed by atoms with Crippen molar-refractivity contribution in [2.24, 2.45) is 0 Å². The molecule has 1 atom stereocenters. The van der Waals surface area contributed by atoms with Crippen molar-refractivity contribution in [2.75, 3.05) is 0 Å². The summed E-state index contributed by atoms with van der Waals surface area (Å²) in [6.07, 6.45) is -0.626. The van der Waals surface area contributed by atoms with Crippen molar-refractivity contribution < 1.29 is 25.1 Å². The van der Waals surface area contributed by atoms with Crippen molar-refractivity contribution in [2.45, 2.75) is 20.1 Å². The van der Waals surface area contributed by atoms with Crippen LogP contribution in [0.5, 0.6) is 0 Å². The van der Waals surface area contributed by atoms with Gasteiger partial charge in [0.15, 0.2) is 0 Å². The molecule has 2 N–H and O–H groups in total. The molecule has 4 heteroatoms. The fourth-order valence-corrected chi connectivity index (χ4v) is 0.512. The molecule has 0 saturated carbocycles. The average molecular weight is 167 g/mol. The predicted octanol–water partition coefficient (Wildman–Crippen LogP) is -0.542. The Hall–Kier alpha value is 0.109. The number of aliphatic hydroxyl groups is 1. The van der Waals surface area contributed by atoms with Crippen LogP contribution in [0.15, 0.2) is 0 Å². The van der Waals surface area contributed by atoms with Crippen LogP contribution in [0.4, 0.5) is 0 Å². The Morgan fingerprint density at radius 3 is 2.50 bits per heavy atom. The Balaban J connectivity index is 3.05. The van der Waals surface area contributed by atoms with E-state index < -0.39 is 6.23 Å². The first-order valence-electron chi connectivity index (χ1n) is 2.13. The Bertz CT molecular complexity index is 84.1. The molecule has 0 aliphatic carbocycles. The van der Waals surface area contributed by atoms with Crippen LogP contribution >= 0.6 is 0 Å². The van der Waals surface area contributed by atoms with Gasteiger partial charge in [-0.15, -0.1) is 0 Å². The number of carbonyl (C=O) groups is 1. The van der Waals surface area contributed by atoms with Gasteiger partial charge < -0.3 is 0 Å². The molecule has 53 valence electrons. The molecule has 0 amide bonds. The molecule has 0 aromatic carbocycles. The number of rotatable bonds is 3. The molecule has 0 aliphatic rings. The predicted molar refractivity (Wildman–Crippen MR) is 25.5 cm³/mol. The molecular weight excluding hydrogens is 158 g/mol. The quantitative estimate of drug-likeness (QED) is 0.438. The summed E-state index contributed by atoms with van der Waals surface area (Å²) in [5.74, 6) is 0. The Labute approximate surface area is 54.8 Å². The third-order valence-corrected chi connectivity index (χ3v) is 1.14. The molecule has 0 aromatic heterocycles. The summed E-state index contributed by atoms with van der Waals surface area (Å²) >= 11 is 0.982. The van der Waals surface area contributed by atoms with Crippen LogP contribution in [-0.2, 0) is 20.0 Å². The Morgan fingerprint density at radius 2 is 2.38 bits per heavy atom. The van der Waals surface area contributed by atoms with Gasteiger partial charge in [0.1, 0.15) is 0 Å². The third-order valence-electron chi connectivity index (χ3n) is 0.276. The van der Waals surface area contributed by atoms with Gasteiger partial charge in [-0.05, 0) is 0 Å². The van der Waals surface area contributed by atoms with Gasteiger partial charge >= 0.3 is 54.2 Å². The number of hydrogen-bond donors (Lipinski definition) is 2. The monoisotopic (exact) mass is 166 g/mol. The third kappa shape index (κ3) is 6.11. The maximum absolute atomic E-state index is 10.1. The summed E-state index contributed by atoms with van der Waals surface area (Å²) in [6.45, 7) is 2.97. The summed E-state index contributed by atoms with van der Waals surface area (Å²) in [6, 6.07) is 0. The molecule has 8 heavy (non-hydrogen) atoms. The van der Waals surface area contributed by atoms with E-state index in [4.69, 9.17) is 5.11 Å². The first kappa shape index (κ1) is 8.11. The minimum absolute atomic E-state index is 0.0605. The van der Waals surface area contributed by atoms with Gasteiger partial charge in [0.2, 0.25) is 0 Å². The SMILES string of the molecule is C[C](=O)[Cu][NH]C(C)O. The van der Waals surface area contributed by atoms with E-state index >= 15 is 0 Å². The molecule has 1 unspecified atom stereocenters. The first-order chi connectivity index (χ1) is 3.63. The van der Waals surface area contributed by atoms with E-state index in [0.717, 1.165) is 15.2 Å². The van der Waals surface area contributed by atoms with Crippen LogP contribution in [-0.4, -0.2) is 16.0 Å². The van der Waals surface area contributed by atoms with Crippen molar-refractivity contribution in [3.8, 4) is 0 Å². The maximum atomic E-state index is 10.1. The Kier molecular flexibility index (Phi) is 4.09. The number of aliphatic hydroxyl groups excluding tert-OH is 1. The van der Waals surface area contributed by atoms with E-state index in [1.807, 2.05) is 0 Å². The van der Waals surface area contributed by atoms with Gasteiger partial charge in [-0.3, -0.25) is 0 Å². The normalized spacial score (nSPS) is 13.9. The van der Waals surface area contributed by atoms with Gasteiger partial charge in [-0.25, -0.2) is 0 Å². The molecular formula is C4H9CuNO2. The molecule has 0 bridgehead atoms. The minimum atomic E-state index is -0.626. The van der Waals surface area contributed by atoms with Crippen LogP contribution in [0.2, 0.25) is 0 Å². The van der Waals surface area contributed by atoms with Crippen molar-refractivity contribution >= 4 is 4.68 Å². The van der Waals surface area contributed by atoms with Crippen molar-refractivity contribution in [1.29, 1.82) is 0 Å². The zero-order chi connectivity index (χ0) is 6.57. The fourth-order valence-electron chi connectivity index (χ4n) is 0.124. The standard InChI is InChI=1S/C2H6NO.C2H3O.Cu/c1-2(3)4;1-2-3;/h2-4H,1H3;1H3;/q-1;;+1. The molecule has 0 aromatic rings. The van der Waals surface area contributed by atoms with E-state index in [9.17, 15) is 4.79 Å². The zero-order valence-electron chi connectivity index (χ0n) is 4.73. The molecule has 0 saturated heterocycles. The van der Waals surface area contributed by atoms with Crippen molar-refractivity contribution in [3.05, 3.63) is 0 Å². The topological polar surface area (TPSA) is 49.3 Å². The van der Waals surface area contributed by atoms with Gasteiger partial charge in [0.05, 0.1) is 0 Å². The van der Waals surface area contributed by atoms with Crippen molar-refractivity contribution in [1.82, 2.24) is 4.33 Å². The summed E-state index contributed by atoms with van der Waals surface area (Å²) in [5, 5.41) is 8.51. The second-order valence-corrected chi connectivity index (χ2v) is 2.43. The van der Waals surface area contributed by atoms with E-state index in [2.05, 4.69) is 4.33 Å². The molecule has 3 nitrogen and oxygen atoms in total. The van der Waals surface area contributed by atoms with Gasteiger partial charge in [0.25, 0.3) is 0 Å². The van der Waals surface area contributed by atoms with E-state index in [-0.39, 0.29) is 4.68 Å². The van der Waals surface area contributed by atoms with Crippen LogP contribution in [0.25, 0.3) is 0 Å². The summed E-state index contributed by atoms with van der Waals surface area (Å²) in [7, 11) is 0. The van der Waals surface area contributed by atoms with Crippen LogP contribution in [0.3, 0.4) is 0 Å². The molecule has 0 fully saturated rings. The van der Waals surface area contributed by atoms with Gasteiger partial charge in [0, 0.05) is 0 Å². The van der Waals surface area contributed by atoms with Crippen LogP contribution < -0.4 is 4.33 Å². The number of hydrogen-bond acceptors (Lipinski definition) is 3. The second-order valence-electron chi connectivity index (χ2n) is 1.25. The van der Waals surface area contributed by atoms with Crippen molar-refractivity contribution in [3.63, 3.8) is 0 Å². The van der Waals surface area contributed by atoms with Gasteiger partial charge in [-0.1, -0.05) is 0 Å². The zero-order valence-corrected chi connectivity index (χ0v) is 5.68. The molecule has 0 spiro atoms. The summed E-state index contributed by atoms with van der Waals surface area (Å²) < 4.78 is 2.40. The molecule has 0 aliphatic heterocycles. The van der Waals surface area contributed by atoms with E-state index in [1.54, 1.807) is 6.92 Å². The molecule has 0 heterocycles. The second kappa shape index (κ2) is 4.04. The summed E-state index contributed by atoms with van der Waals surface area (Å²) in [4.78, 5) is 10.1. The van der Waals surface area contributed by atoms with E-state index in [1.165, 1.54) is 6.92 Å². The van der Waals surface area contributed by atoms with Crippen LogP contribution in [0.1, 0.15) is 13.8 Å². The first-order valence-corrected chi connectivity index (χ1v) is 3.07. The Morgan fingerprint density at radius 1 is 1.88 bits per heavy atom. The van der Waals surface area contributed by atoms with E-state index in [0.29, 0.717) is 0 Å². The molecule has 0 rings (SSSR count). The number of nitrogens with one attached hydrogen (secondary N) is 1. The van der Waals surface area contributed by atoms with Gasteiger partial charge in [-0.2, -0.15) is 0 Å². The summed E-state index contributed by atoms with van der Waals surface area (Å²) in [5.41, 5.74) is 0. The number of carbonyl (C=O) groups excluding carboxylic acids is 1.